The quantitative estimate of drug-likeness (QED) is 0.481. The molecule has 0 saturated carbocycles. The maximum absolute atomic E-state index is 12.4. The molecule has 5 nitrogen and oxygen atoms in total. The highest BCUT2D eigenvalue weighted by molar-refractivity contribution is 7.14. The first-order valence-electron chi connectivity index (χ1n) is 10.5. The summed E-state index contributed by atoms with van der Waals surface area (Å²) >= 11 is 1.43. The number of carbonyl (C=O) groups is 1. The molecule has 0 fully saturated rings. The van der Waals surface area contributed by atoms with E-state index in [0.717, 1.165) is 23.2 Å². The van der Waals surface area contributed by atoms with Crippen LogP contribution in [0.15, 0.2) is 47.9 Å². The Kier molecular flexibility index (Phi) is 6.67. The van der Waals surface area contributed by atoms with E-state index in [1.54, 1.807) is 13.2 Å². The summed E-state index contributed by atoms with van der Waals surface area (Å²) in [7, 11) is 1.60. The number of anilines is 1. The predicted molar refractivity (Wildman–Crippen MR) is 126 cm³/mol. The number of aromatic nitrogens is 1. The SMILES string of the molecule is CCOc1ccc(/C=C/C(=O)Nc2nc(-c3ccc4c(c3)CCCC4)cs2)cc1OC. The normalized spacial score (nSPS) is 13.1. The molecule has 1 N–H and O–H groups in total. The maximum Gasteiger partial charge on any atom is 0.250 e. The van der Waals surface area contributed by atoms with Crippen LogP contribution in [0.5, 0.6) is 11.5 Å². The van der Waals surface area contributed by atoms with Gasteiger partial charge in [0.25, 0.3) is 0 Å². The van der Waals surface area contributed by atoms with Gasteiger partial charge in [-0.2, -0.15) is 0 Å². The Labute approximate surface area is 186 Å². The topological polar surface area (TPSA) is 60.5 Å². The fourth-order valence-electron chi connectivity index (χ4n) is 3.74. The van der Waals surface area contributed by atoms with Crippen molar-refractivity contribution in [3.8, 4) is 22.8 Å². The standard InChI is InChI=1S/C25H26N2O3S/c1-3-30-22-12-8-17(14-23(22)29-2)9-13-24(28)27-25-26-21(16-31-25)20-11-10-18-6-4-5-7-19(18)15-20/h8-16H,3-7H2,1-2H3,(H,26,27,28)/b13-9+. The molecule has 0 spiro atoms. The Balaban J connectivity index is 1.41. The number of methoxy groups -OCH3 is 1. The van der Waals surface area contributed by atoms with Crippen LogP contribution in [0, 0.1) is 0 Å². The molecule has 1 heterocycles. The third kappa shape index (κ3) is 5.14. The molecule has 0 saturated heterocycles. The highest BCUT2D eigenvalue weighted by atomic mass is 32.1. The third-order valence-electron chi connectivity index (χ3n) is 5.29. The van der Waals surface area contributed by atoms with Crippen molar-refractivity contribution in [1.29, 1.82) is 0 Å². The van der Waals surface area contributed by atoms with E-state index >= 15 is 0 Å². The molecular weight excluding hydrogens is 408 g/mol. The summed E-state index contributed by atoms with van der Waals surface area (Å²) in [4.78, 5) is 17.0. The second kappa shape index (κ2) is 9.79. The molecule has 0 radical (unpaired) electrons. The van der Waals surface area contributed by atoms with Crippen molar-refractivity contribution in [1.82, 2.24) is 4.98 Å². The molecule has 1 amide bonds. The van der Waals surface area contributed by atoms with Gasteiger partial charge >= 0.3 is 0 Å². The van der Waals surface area contributed by atoms with Gasteiger partial charge in [-0.1, -0.05) is 18.2 Å². The Bertz CT molecular complexity index is 1100. The Hall–Kier alpha value is -3.12. The molecule has 0 unspecified atom stereocenters. The van der Waals surface area contributed by atoms with E-state index < -0.39 is 0 Å². The average molecular weight is 435 g/mol. The van der Waals surface area contributed by atoms with E-state index in [1.807, 2.05) is 30.5 Å². The van der Waals surface area contributed by atoms with E-state index in [2.05, 4.69) is 28.5 Å². The summed E-state index contributed by atoms with van der Waals surface area (Å²) < 4.78 is 10.9. The van der Waals surface area contributed by atoms with Gasteiger partial charge in [-0.05, 0) is 73.6 Å². The highest BCUT2D eigenvalue weighted by Crippen LogP contribution is 2.30. The number of amides is 1. The lowest BCUT2D eigenvalue weighted by molar-refractivity contribution is -0.111. The summed E-state index contributed by atoms with van der Waals surface area (Å²) in [5.74, 6) is 1.10. The number of fused-ring (bicyclic) bond motifs is 1. The Morgan fingerprint density at radius 1 is 1.13 bits per heavy atom. The number of rotatable bonds is 7. The van der Waals surface area contributed by atoms with Crippen LogP contribution < -0.4 is 14.8 Å². The van der Waals surface area contributed by atoms with Gasteiger partial charge in [0.15, 0.2) is 16.6 Å². The lowest BCUT2D eigenvalue weighted by Crippen LogP contribution is -2.07. The molecule has 0 atom stereocenters. The van der Waals surface area contributed by atoms with E-state index in [4.69, 9.17) is 9.47 Å². The van der Waals surface area contributed by atoms with Gasteiger partial charge in [0.2, 0.25) is 5.91 Å². The molecular formula is C25H26N2O3S. The zero-order valence-electron chi connectivity index (χ0n) is 17.8. The van der Waals surface area contributed by atoms with Gasteiger partial charge < -0.3 is 9.47 Å². The van der Waals surface area contributed by atoms with Crippen molar-refractivity contribution in [3.05, 3.63) is 64.5 Å². The number of hydrogen-bond donors (Lipinski definition) is 1. The second-order valence-electron chi connectivity index (χ2n) is 7.39. The van der Waals surface area contributed by atoms with Gasteiger partial charge in [0.05, 0.1) is 19.4 Å². The number of thiazole rings is 1. The van der Waals surface area contributed by atoms with Crippen LogP contribution >= 0.6 is 11.3 Å². The number of nitrogens with one attached hydrogen (secondary N) is 1. The molecule has 0 bridgehead atoms. The van der Waals surface area contributed by atoms with Crippen molar-refractivity contribution in [2.45, 2.75) is 32.6 Å². The fourth-order valence-corrected chi connectivity index (χ4v) is 4.46. The number of hydrogen-bond acceptors (Lipinski definition) is 5. The van der Waals surface area contributed by atoms with E-state index in [1.165, 1.54) is 47.8 Å². The number of benzene rings is 2. The molecule has 31 heavy (non-hydrogen) atoms. The fraction of sp³-hybridized carbons (Fsp3) is 0.280. The van der Waals surface area contributed by atoms with Crippen LogP contribution in [0.3, 0.4) is 0 Å². The van der Waals surface area contributed by atoms with E-state index in [0.29, 0.717) is 23.2 Å². The van der Waals surface area contributed by atoms with Crippen molar-refractivity contribution in [2.75, 3.05) is 19.0 Å². The summed E-state index contributed by atoms with van der Waals surface area (Å²) in [6.07, 6.45) is 8.07. The Morgan fingerprint density at radius 2 is 1.97 bits per heavy atom. The minimum atomic E-state index is -0.223. The van der Waals surface area contributed by atoms with Crippen LogP contribution in [0.4, 0.5) is 5.13 Å². The molecule has 3 aromatic rings. The molecule has 160 valence electrons. The van der Waals surface area contributed by atoms with Crippen LogP contribution in [-0.2, 0) is 17.6 Å². The van der Waals surface area contributed by atoms with Crippen molar-refractivity contribution in [3.63, 3.8) is 0 Å². The van der Waals surface area contributed by atoms with Crippen LogP contribution in [0.25, 0.3) is 17.3 Å². The number of aryl methyl sites for hydroxylation is 2. The summed E-state index contributed by atoms with van der Waals surface area (Å²) in [6, 6.07) is 12.2. The minimum Gasteiger partial charge on any atom is -0.493 e. The first kappa shape index (κ1) is 21.1. The molecule has 2 aromatic carbocycles. The van der Waals surface area contributed by atoms with Gasteiger partial charge in [-0.3, -0.25) is 10.1 Å². The number of ether oxygens (including phenoxy) is 2. The largest absolute Gasteiger partial charge is 0.493 e. The van der Waals surface area contributed by atoms with Crippen molar-refractivity contribution < 1.29 is 14.3 Å². The predicted octanol–water partition coefficient (Wildman–Crippen LogP) is 5.75. The zero-order chi connectivity index (χ0) is 21.6. The summed E-state index contributed by atoms with van der Waals surface area (Å²) in [5, 5.41) is 5.43. The minimum absolute atomic E-state index is 0.223. The first-order valence-corrected chi connectivity index (χ1v) is 11.4. The lowest BCUT2D eigenvalue weighted by atomic mass is 9.90. The smallest absolute Gasteiger partial charge is 0.250 e. The van der Waals surface area contributed by atoms with Crippen LogP contribution in [-0.4, -0.2) is 24.6 Å². The number of nitrogens with zero attached hydrogens (tertiary/aromatic N) is 1. The molecule has 1 aliphatic carbocycles. The highest BCUT2D eigenvalue weighted by Gasteiger charge is 2.12. The van der Waals surface area contributed by atoms with Gasteiger partial charge in [0.1, 0.15) is 0 Å². The van der Waals surface area contributed by atoms with Crippen molar-refractivity contribution in [2.24, 2.45) is 0 Å². The maximum atomic E-state index is 12.4. The third-order valence-corrected chi connectivity index (χ3v) is 6.05. The summed E-state index contributed by atoms with van der Waals surface area (Å²) in [6.45, 7) is 2.49. The molecule has 6 heteroatoms. The van der Waals surface area contributed by atoms with Crippen molar-refractivity contribution >= 4 is 28.5 Å². The average Bonchev–Trinajstić information content (AvgIpc) is 3.26. The second-order valence-corrected chi connectivity index (χ2v) is 8.25. The van der Waals surface area contributed by atoms with E-state index in [9.17, 15) is 4.79 Å². The molecule has 1 aromatic heterocycles. The van der Waals surface area contributed by atoms with Crippen LogP contribution in [0.1, 0.15) is 36.5 Å². The lowest BCUT2D eigenvalue weighted by Gasteiger charge is -2.16. The molecule has 0 aliphatic heterocycles. The Morgan fingerprint density at radius 3 is 2.77 bits per heavy atom. The first-order chi connectivity index (χ1) is 15.2. The molecule has 4 rings (SSSR count). The number of carbonyl (C=O) groups excluding carboxylic acids is 1. The summed E-state index contributed by atoms with van der Waals surface area (Å²) in [5.41, 5.74) is 5.73. The zero-order valence-corrected chi connectivity index (χ0v) is 18.6. The van der Waals surface area contributed by atoms with Gasteiger partial charge in [0, 0.05) is 17.0 Å². The van der Waals surface area contributed by atoms with Gasteiger partial charge in [-0.25, -0.2) is 4.98 Å². The van der Waals surface area contributed by atoms with Gasteiger partial charge in [-0.15, -0.1) is 11.3 Å². The van der Waals surface area contributed by atoms with E-state index in [-0.39, 0.29) is 5.91 Å². The monoisotopic (exact) mass is 434 g/mol. The molecule has 1 aliphatic rings. The van der Waals surface area contributed by atoms with Crippen LogP contribution in [0.2, 0.25) is 0 Å².